The Kier molecular flexibility index (Phi) is 10.5. The number of anilines is 1. The maximum Gasteiger partial charge on any atom is 0.301 e. The normalized spacial score (nSPS) is 16.0. The highest BCUT2D eigenvalue weighted by Gasteiger charge is 2.48. The molecule has 0 saturated carbocycles. The number of Topliss-reactive ketones (excluding diaryl/α,β-unsaturated/α-hetero) is 1. The SMILES string of the molecule is CCCCCOc1ccc(C2C(=C(O)c3ccncc3)C(=O)C(=O)N2c2nnc(SCc3ccccc3Cl)s2)cc1OCC. The Morgan fingerprint density at radius 1 is 1.02 bits per heavy atom. The van der Waals surface area contributed by atoms with Crippen LogP contribution >= 0.6 is 34.7 Å². The summed E-state index contributed by atoms with van der Waals surface area (Å²) in [6, 6.07) is 15.0. The number of aliphatic hydroxyl groups is 1. The molecule has 12 heteroatoms. The third-order valence-corrected chi connectivity index (χ3v) is 9.37. The third kappa shape index (κ3) is 6.90. The number of unbranched alkanes of at least 4 members (excludes halogenated alkanes) is 2. The zero-order chi connectivity index (χ0) is 31.1. The minimum atomic E-state index is -0.995. The van der Waals surface area contributed by atoms with Gasteiger partial charge in [0.25, 0.3) is 5.78 Å². The van der Waals surface area contributed by atoms with Crippen LogP contribution in [0, 0.1) is 0 Å². The Labute approximate surface area is 268 Å². The van der Waals surface area contributed by atoms with Crippen molar-refractivity contribution in [1.82, 2.24) is 15.2 Å². The lowest BCUT2D eigenvalue weighted by atomic mass is 9.95. The molecule has 1 amide bonds. The molecule has 5 rings (SSSR count). The number of benzene rings is 2. The fraction of sp³-hybridized carbons (Fsp3) is 0.281. The second-order valence-corrected chi connectivity index (χ2v) is 12.4. The van der Waals surface area contributed by atoms with Crippen molar-refractivity contribution in [3.05, 3.63) is 94.3 Å². The van der Waals surface area contributed by atoms with E-state index >= 15 is 0 Å². The number of halogens is 1. The summed E-state index contributed by atoms with van der Waals surface area (Å²) < 4.78 is 12.5. The van der Waals surface area contributed by atoms with E-state index < -0.39 is 17.7 Å². The van der Waals surface area contributed by atoms with E-state index in [1.165, 1.54) is 40.4 Å². The predicted molar refractivity (Wildman–Crippen MR) is 173 cm³/mol. The number of rotatable bonds is 13. The topological polar surface area (TPSA) is 115 Å². The van der Waals surface area contributed by atoms with Gasteiger partial charge in [-0.2, -0.15) is 0 Å². The van der Waals surface area contributed by atoms with Crippen LogP contribution in [-0.2, 0) is 15.3 Å². The molecule has 44 heavy (non-hydrogen) atoms. The first-order chi connectivity index (χ1) is 21.4. The number of aliphatic hydroxyl groups excluding tert-OH is 1. The van der Waals surface area contributed by atoms with E-state index in [0.717, 1.165) is 24.8 Å². The van der Waals surface area contributed by atoms with Crippen LogP contribution in [0.4, 0.5) is 5.13 Å². The molecule has 4 aromatic rings. The molecule has 1 fully saturated rings. The molecule has 0 spiro atoms. The number of hydrogen-bond acceptors (Lipinski definition) is 10. The number of ketones is 1. The van der Waals surface area contributed by atoms with Crippen LogP contribution < -0.4 is 14.4 Å². The van der Waals surface area contributed by atoms with Crippen LogP contribution in [0.5, 0.6) is 11.5 Å². The number of thioether (sulfide) groups is 1. The fourth-order valence-corrected chi connectivity index (χ4v) is 6.89. The number of pyridine rings is 1. The van der Waals surface area contributed by atoms with Gasteiger partial charge in [0, 0.05) is 28.7 Å². The first-order valence-electron chi connectivity index (χ1n) is 14.2. The highest BCUT2D eigenvalue weighted by molar-refractivity contribution is 8.00. The van der Waals surface area contributed by atoms with Gasteiger partial charge in [-0.3, -0.25) is 19.5 Å². The molecule has 9 nitrogen and oxygen atoms in total. The van der Waals surface area contributed by atoms with Crippen molar-refractivity contribution >= 4 is 57.3 Å². The average molecular weight is 651 g/mol. The summed E-state index contributed by atoms with van der Waals surface area (Å²) in [5.74, 6) is -0.370. The second-order valence-electron chi connectivity index (χ2n) is 9.83. The fourth-order valence-electron chi connectivity index (χ4n) is 4.74. The van der Waals surface area contributed by atoms with Crippen LogP contribution in [-0.4, -0.2) is 45.2 Å². The molecule has 1 aliphatic heterocycles. The lowest BCUT2D eigenvalue weighted by Crippen LogP contribution is -2.29. The lowest BCUT2D eigenvalue weighted by molar-refractivity contribution is -0.132. The lowest BCUT2D eigenvalue weighted by Gasteiger charge is -2.23. The van der Waals surface area contributed by atoms with Gasteiger partial charge in [-0.15, -0.1) is 10.2 Å². The molecular formula is C32H31ClN4O5S2. The van der Waals surface area contributed by atoms with Gasteiger partial charge in [0.15, 0.2) is 15.8 Å². The maximum absolute atomic E-state index is 13.6. The Morgan fingerprint density at radius 2 is 1.82 bits per heavy atom. The van der Waals surface area contributed by atoms with Crippen molar-refractivity contribution in [2.75, 3.05) is 18.1 Å². The number of ether oxygens (including phenoxy) is 2. The van der Waals surface area contributed by atoms with Gasteiger partial charge in [-0.1, -0.05) is 78.7 Å². The molecular weight excluding hydrogens is 620 g/mol. The van der Waals surface area contributed by atoms with Gasteiger partial charge in [-0.05, 0) is 54.8 Å². The van der Waals surface area contributed by atoms with Crippen LogP contribution in [0.15, 0.2) is 76.9 Å². The molecule has 1 aliphatic rings. The van der Waals surface area contributed by atoms with Gasteiger partial charge in [0.05, 0.1) is 24.8 Å². The Bertz CT molecular complexity index is 1660. The molecule has 3 heterocycles. The highest BCUT2D eigenvalue weighted by Crippen LogP contribution is 2.45. The van der Waals surface area contributed by atoms with E-state index in [1.54, 1.807) is 30.3 Å². The van der Waals surface area contributed by atoms with Crippen molar-refractivity contribution < 1.29 is 24.2 Å². The van der Waals surface area contributed by atoms with Gasteiger partial charge in [0.1, 0.15) is 5.76 Å². The van der Waals surface area contributed by atoms with Crippen LogP contribution in [0.1, 0.15) is 55.8 Å². The van der Waals surface area contributed by atoms with Crippen molar-refractivity contribution in [2.45, 2.75) is 49.2 Å². The summed E-state index contributed by atoms with van der Waals surface area (Å²) >= 11 is 8.93. The van der Waals surface area contributed by atoms with Gasteiger partial charge in [0.2, 0.25) is 5.13 Å². The first kappa shape index (κ1) is 31.5. The molecule has 228 valence electrons. The molecule has 1 atom stereocenters. The Balaban J connectivity index is 1.54. The second kappa shape index (κ2) is 14.7. The minimum absolute atomic E-state index is 0.0688. The van der Waals surface area contributed by atoms with Gasteiger partial charge < -0.3 is 14.6 Å². The van der Waals surface area contributed by atoms with Gasteiger partial charge in [-0.25, -0.2) is 0 Å². The summed E-state index contributed by atoms with van der Waals surface area (Å²) in [7, 11) is 0. The van der Waals surface area contributed by atoms with Crippen molar-refractivity contribution in [3.8, 4) is 11.5 Å². The number of aromatic nitrogens is 3. The molecule has 1 saturated heterocycles. The Hall–Kier alpha value is -3.93. The van der Waals surface area contributed by atoms with Crippen molar-refractivity contribution in [3.63, 3.8) is 0 Å². The van der Waals surface area contributed by atoms with Gasteiger partial charge >= 0.3 is 5.91 Å². The first-order valence-corrected chi connectivity index (χ1v) is 16.4. The highest BCUT2D eigenvalue weighted by atomic mass is 35.5. The molecule has 0 bridgehead atoms. The molecule has 1 N–H and O–H groups in total. The van der Waals surface area contributed by atoms with Crippen LogP contribution in [0.2, 0.25) is 5.02 Å². The van der Waals surface area contributed by atoms with E-state index in [1.807, 2.05) is 31.2 Å². The average Bonchev–Trinajstić information content (AvgIpc) is 3.61. The number of carbonyl (C=O) groups is 2. The zero-order valence-corrected chi connectivity index (χ0v) is 26.6. The third-order valence-electron chi connectivity index (χ3n) is 6.90. The predicted octanol–water partition coefficient (Wildman–Crippen LogP) is 7.47. The number of amides is 1. The molecule has 2 aromatic heterocycles. The largest absolute Gasteiger partial charge is 0.507 e. The Morgan fingerprint density at radius 3 is 2.57 bits per heavy atom. The number of carbonyl (C=O) groups excluding carboxylic acids is 2. The molecule has 0 aliphatic carbocycles. The van der Waals surface area contributed by atoms with Crippen LogP contribution in [0.25, 0.3) is 5.76 Å². The maximum atomic E-state index is 13.6. The summed E-state index contributed by atoms with van der Waals surface area (Å²) in [4.78, 5) is 32.5. The van der Waals surface area contributed by atoms with Crippen LogP contribution in [0.3, 0.4) is 0 Å². The molecule has 0 radical (unpaired) electrons. The van der Waals surface area contributed by atoms with E-state index in [4.69, 9.17) is 21.1 Å². The standard InChI is InChI=1S/C32H31ClN4O5S2/c1-3-5-8-17-42-24-12-11-21(18-25(24)41-4-2)27-26(28(38)20-13-15-34-16-14-20)29(39)30(40)37(27)31-35-36-32(44-31)43-19-22-9-6-7-10-23(22)33/h6-7,9-16,18,27,38H,3-5,8,17,19H2,1-2H3. The quantitative estimate of drug-likeness (QED) is 0.0393. The van der Waals surface area contributed by atoms with Crippen molar-refractivity contribution in [2.24, 2.45) is 0 Å². The molecule has 1 unspecified atom stereocenters. The van der Waals surface area contributed by atoms with E-state index in [2.05, 4.69) is 22.1 Å². The number of hydrogen-bond donors (Lipinski definition) is 1. The molecule has 2 aromatic carbocycles. The summed E-state index contributed by atoms with van der Waals surface area (Å²) in [6.07, 6.45) is 6.04. The number of nitrogens with zero attached hydrogens (tertiary/aromatic N) is 4. The zero-order valence-electron chi connectivity index (χ0n) is 24.2. The minimum Gasteiger partial charge on any atom is -0.507 e. The summed E-state index contributed by atoms with van der Waals surface area (Å²) in [5, 5.41) is 20.8. The van der Waals surface area contributed by atoms with E-state index in [0.29, 0.717) is 51.0 Å². The summed E-state index contributed by atoms with van der Waals surface area (Å²) in [6.45, 7) is 4.91. The van der Waals surface area contributed by atoms with E-state index in [9.17, 15) is 14.7 Å². The summed E-state index contributed by atoms with van der Waals surface area (Å²) in [5.41, 5.74) is 1.77. The van der Waals surface area contributed by atoms with Crippen molar-refractivity contribution in [1.29, 1.82) is 0 Å². The van der Waals surface area contributed by atoms with E-state index in [-0.39, 0.29) is 16.5 Å². The monoisotopic (exact) mass is 650 g/mol. The smallest absolute Gasteiger partial charge is 0.301 e.